The van der Waals surface area contributed by atoms with Gasteiger partial charge in [0.1, 0.15) is 11.2 Å². The van der Waals surface area contributed by atoms with Gasteiger partial charge in [0.2, 0.25) is 0 Å². The Morgan fingerprint density at radius 2 is 2.04 bits per heavy atom. The second kappa shape index (κ2) is 6.43. The molecule has 3 rings (SSSR count). The van der Waals surface area contributed by atoms with Gasteiger partial charge in [-0.15, -0.1) is 0 Å². The highest BCUT2D eigenvalue weighted by atomic mass is 16.4. The molecule has 0 unspecified atom stereocenters. The van der Waals surface area contributed by atoms with Gasteiger partial charge in [-0.25, -0.2) is 14.5 Å². The molecule has 2 aromatic rings. The molecule has 0 spiro atoms. The Morgan fingerprint density at radius 3 is 2.67 bits per heavy atom. The van der Waals surface area contributed by atoms with Crippen molar-refractivity contribution >= 4 is 11.9 Å². The van der Waals surface area contributed by atoms with Crippen LogP contribution in [0.4, 0.5) is 0 Å². The highest BCUT2D eigenvalue weighted by molar-refractivity contribution is 5.96. The maximum absolute atomic E-state index is 12.6. The fourth-order valence-electron chi connectivity index (χ4n) is 3.01. The Bertz CT molecular complexity index is 734. The van der Waals surface area contributed by atoms with Crippen LogP contribution in [0.1, 0.15) is 43.1 Å². The molecule has 0 bridgehead atoms. The van der Waals surface area contributed by atoms with Crippen LogP contribution in [0.15, 0.2) is 36.7 Å². The van der Waals surface area contributed by atoms with Gasteiger partial charge in [0.15, 0.2) is 5.82 Å². The first-order valence-electron chi connectivity index (χ1n) is 8.03. The molecule has 1 fully saturated rings. The summed E-state index contributed by atoms with van der Waals surface area (Å²) in [5.41, 5.74) is -1.02. The van der Waals surface area contributed by atoms with E-state index in [0.717, 1.165) is 12.8 Å². The first-order valence-corrected chi connectivity index (χ1v) is 8.03. The molecule has 1 saturated carbocycles. The number of carboxylic acids is 1. The molecule has 0 saturated heterocycles. The molecule has 0 aliphatic heterocycles. The van der Waals surface area contributed by atoms with Crippen LogP contribution >= 0.6 is 0 Å². The van der Waals surface area contributed by atoms with Gasteiger partial charge >= 0.3 is 5.97 Å². The standard InChI is InChI=1S/C17H20N4O3/c1-12-6-8-17(9-7-12,16(23)24)20-15(22)13-4-2-5-14(19-13)21-11-3-10-18-21/h2-5,10-12H,6-9H2,1H3,(H,20,22)(H,23,24). The minimum Gasteiger partial charge on any atom is -0.480 e. The number of amides is 1. The SMILES string of the molecule is CC1CCC(NC(=O)c2cccc(-n3cccn3)n2)(C(=O)O)CC1. The molecular formula is C17H20N4O3. The van der Waals surface area contributed by atoms with Gasteiger partial charge in [0.25, 0.3) is 5.91 Å². The third-order valence-corrected chi connectivity index (χ3v) is 4.60. The smallest absolute Gasteiger partial charge is 0.329 e. The second-order valence-corrected chi connectivity index (χ2v) is 6.36. The second-order valence-electron chi connectivity index (χ2n) is 6.36. The van der Waals surface area contributed by atoms with Crippen molar-refractivity contribution in [3.8, 4) is 5.82 Å². The average Bonchev–Trinajstić information content (AvgIpc) is 3.11. The quantitative estimate of drug-likeness (QED) is 0.895. The molecule has 1 aliphatic rings. The fourth-order valence-corrected chi connectivity index (χ4v) is 3.01. The largest absolute Gasteiger partial charge is 0.480 e. The number of aliphatic carboxylic acids is 1. The predicted octanol–water partition coefficient (Wildman–Crippen LogP) is 2.03. The first-order chi connectivity index (χ1) is 11.5. The molecule has 0 atom stereocenters. The van der Waals surface area contributed by atoms with Crippen LogP contribution in [-0.4, -0.2) is 37.3 Å². The molecule has 7 heteroatoms. The van der Waals surface area contributed by atoms with E-state index in [9.17, 15) is 14.7 Å². The van der Waals surface area contributed by atoms with Gasteiger partial charge in [-0.2, -0.15) is 5.10 Å². The zero-order valence-electron chi connectivity index (χ0n) is 13.5. The third-order valence-electron chi connectivity index (χ3n) is 4.60. The molecule has 2 heterocycles. The van der Waals surface area contributed by atoms with Gasteiger partial charge in [0.05, 0.1) is 0 Å². The number of rotatable bonds is 4. The normalized spacial score (nSPS) is 23.6. The maximum Gasteiger partial charge on any atom is 0.329 e. The van der Waals surface area contributed by atoms with E-state index < -0.39 is 17.4 Å². The zero-order chi connectivity index (χ0) is 17.2. The lowest BCUT2D eigenvalue weighted by Crippen LogP contribution is -2.56. The summed E-state index contributed by atoms with van der Waals surface area (Å²) in [7, 11) is 0. The zero-order valence-corrected chi connectivity index (χ0v) is 13.5. The Labute approximate surface area is 139 Å². The molecule has 0 radical (unpaired) electrons. The number of carbonyl (C=O) groups is 2. The van der Waals surface area contributed by atoms with Crippen LogP contribution in [0.2, 0.25) is 0 Å². The van der Waals surface area contributed by atoms with E-state index in [1.54, 1.807) is 41.3 Å². The summed E-state index contributed by atoms with van der Waals surface area (Å²) in [6.07, 6.45) is 5.80. The highest BCUT2D eigenvalue weighted by Gasteiger charge is 2.42. The number of nitrogens with zero attached hydrogens (tertiary/aromatic N) is 3. The van der Waals surface area contributed by atoms with Crippen LogP contribution in [0.25, 0.3) is 5.82 Å². The Hall–Kier alpha value is -2.70. The average molecular weight is 328 g/mol. The van der Waals surface area contributed by atoms with Crippen LogP contribution in [0.5, 0.6) is 0 Å². The summed E-state index contributed by atoms with van der Waals surface area (Å²) in [5.74, 6) is -0.461. The third kappa shape index (κ3) is 3.15. The monoisotopic (exact) mass is 328 g/mol. The number of pyridine rings is 1. The van der Waals surface area contributed by atoms with Crippen molar-refractivity contribution in [2.75, 3.05) is 0 Å². The molecule has 126 valence electrons. The lowest BCUT2D eigenvalue weighted by Gasteiger charge is -2.36. The van der Waals surface area contributed by atoms with Crippen molar-refractivity contribution in [3.63, 3.8) is 0 Å². The minimum atomic E-state index is -1.20. The van der Waals surface area contributed by atoms with E-state index in [2.05, 4.69) is 22.3 Å². The van der Waals surface area contributed by atoms with Crippen molar-refractivity contribution in [3.05, 3.63) is 42.4 Å². The van der Waals surface area contributed by atoms with Crippen molar-refractivity contribution in [1.82, 2.24) is 20.1 Å². The Kier molecular flexibility index (Phi) is 4.33. The lowest BCUT2D eigenvalue weighted by atomic mass is 9.77. The van der Waals surface area contributed by atoms with Gasteiger partial charge in [-0.05, 0) is 49.8 Å². The van der Waals surface area contributed by atoms with E-state index in [-0.39, 0.29) is 5.69 Å². The predicted molar refractivity (Wildman–Crippen MR) is 86.8 cm³/mol. The number of carbonyl (C=O) groups excluding carboxylic acids is 1. The molecule has 0 aromatic carbocycles. The Balaban J connectivity index is 1.81. The van der Waals surface area contributed by atoms with Gasteiger partial charge in [0, 0.05) is 12.4 Å². The molecule has 7 nitrogen and oxygen atoms in total. The molecule has 1 amide bonds. The van der Waals surface area contributed by atoms with Crippen molar-refractivity contribution in [2.45, 2.75) is 38.1 Å². The molecule has 2 aromatic heterocycles. The van der Waals surface area contributed by atoms with Crippen molar-refractivity contribution in [2.24, 2.45) is 5.92 Å². The van der Waals surface area contributed by atoms with Crippen molar-refractivity contribution in [1.29, 1.82) is 0 Å². The lowest BCUT2D eigenvalue weighted by molar-refractivity contribution is -0.146. The number of aromatic nitrogens is 3. The van der Waals surface area contributed by atoms with Gasteiger partial charge in [-0.1, -0.05) is 13.0 Å². The first kappa shape index (κ1) is 16.2. The number of hydrogen-bond acceptors (Lipinski definition) is 4. The summed E-state index contributed by atoms with van der Waals surface area (Å²) in [4.78, 5) is 28.6. The summed E-state index contributed by atoms with van der Waals surface area (Å²) >= 11 is 0. The number of carboxylic acid groups (broad SMARTS) is 1. The Morgan fingerprint density at radius 1 is 1.29 bits per heavy atom. The van der Waals surface area contributed by atoms with Gasteiger partial charge in [-0.3, -0.25) is 4.79 Å². The summed E-state index contributed by atoms with van der Waals surface area (Å²) in [6, 6.07) is 6.77. The van der Waals surface area contributed by atoms with Crippen LogP contribution in [0.3, 0.4) is 0 Å². The fraction of sp³-hybridized carbons (Fsp3) is 0.412. The topological polar surface area (TPSA) is 97.1 Å². The summed E-state index contributed by atoms with van der Waals surface area (Å²) in [6.45, 7) is 2.10. The van der Waals surface area contributed by atoms with Crippen LogP contribution in [-0.2, 0) is 4.79 Å². The number of hydrogen-bond donors (Lipinski definition) is 2. The summed E-state index contributed by atoms with van der Waals surface area (Å²) in [5, 5.41) is 16.4. The van der Waals surface area contributed by atoms with E-state index in [0.29, 0.717) is 24.6 Å². The molecule has 24 heavy (non-hydrogen) atoms. The molecule has 1 aliphatic carbocycles. The van der Waals surface area contributed by atoms with Gasteiger partial charge < -0.3 is 10.4 Å². The minimum absolute atomic E-state index is 0.183. The highest BCUT2D eigenvalue weighted by Crippen LogP contribution is 2.32. The molecule has 2 N–H and O–H groups in total. The summed E-state index contributed by atoms with van der Waals surface area (Å²) < 4.78 is 1.55. The van der Waals surface area contributed by atoms with E-state index in [1.165, 1.54) is 0 Å². The van der Waals surface area contributed by atoms with Crippen molar-refractivity contribution < 1.29 is 14.7 Å². The molecular weight excluding hydrogens is 308 g/mol. The van der Waals surface area contributed by atoms with E-state index >= 15 is 0 Å². The van der Waals surface area contributed by atoms with E-state index in [1.807, 2.05) is 0 Å². The van der Waals surface area contributed by atoms with Crippen LogP contribution in [0, 0.1) is 5.92 Å². The maximum atomic E-state index is 12.6. The van der Waals surface area contributed by atoms with E-state index in [4.69, 9.17) is 0 Å². The number of nitrogens with one attached hydrogen (secondary N) is 1. The van der Waals surface area contributed by atoms with Crippen LogP contribution < -0.4 is 5.32 Å².